The molecule has 0 saturated carbocycles. The van der Waals surface area contributed by atoms with E-state index in [1.54, 1.807) is 0 Å². The van der Waals surface area contributed by atoms with Crippen LogP contribution in [0.15, 0.2) is 5.11 Å². The maximum atomic E-state index is 12.2. The molecule has 1 heterocycles. The lowest BCUT2D eigenvalue weighted by molar-refractivity contribution is -0.128. The van der Waals surface area contributed by atoms with E-state index in [0.717, 1.165) is 0 Å². The van der Waals surface area contributed by atoms with Gasteiger partial charge in [-0.1, -0.05) is 5.11 Å². The number of azide groups is 1. The van der Waals surface area contributed by atoms with E-state index in [4.69, 9.17) is 5.53 Å². The lowest BCUT2D eigenvalue weighted by Gasteiger charge is -2.14. The Balaban J connectivity index is 2.41. The lowest BCUT2D eigenvalue weighted by Crippen LogP contribution is -2.31. The minimum atomic E-state index is -2.38. The molecule has 1 amide bonds. The molecule has 0 aromatic carbocycles. The average molecular weight is 204 g/mol. The summed E-state index contributed by atoms with van der Waals surface area (Å²) in [5, 5.41) is 3.09. The van der Waals surface area contributed by atoms with Gasteiger partial charge in [-0.2, -0.15) is 0 Å². The molecule has 1 atom stereocenters. The quantitative estimate of drug-likeness (QED) is 0.389. The van der Waals surface area contributed by atoms with Gasteiger partial charge in [0.25, 0.3) is 0 Å². The molecule has 0 N–H and O–H groups in total. The van der Waals surface area contributed by atoms with E-state index in [2.05, 4.69) is 10.0 Å². The van der Waals surface area contributed by atoms with Crippen molar-refractivity contribution >= 4 is 5.91 Å². The summed E-state index contributed by atoms with van der Waals surface area (Å²) in [6.07, 6.45) is -2.06. The molecule has 7 heteroatoms. The van der Waals surface area contributed by atoms with Crippen molar-refractivity contribution in [2.75, 3.05) is 19.6 Å². The highest BCUT2D eigenvalue weighted by atomic mass is 19.3. The van der Waals surface area contributed by atoms with Gasteiger partial charge in [-0.25, -0.2) is 8.78 Å². The van der Waals surface area contributed by atoms with Gasteiger partial charge in [-0.05, 0) is 12.0 Å². The van der Waals surface area contributed by atoms with Gasteiger partial charge < -0.3 is 4.90 Å². The molecular weight excluding hydrogens is 194 g/mol. The van der Waals surface area contributed by atoms with E-state index in [9.17, 15) is 13.6 Å². The molecule has 0 unspecified atom stereocenters. The Morgan fingerprint density at radius 2 is 2.43 bits per heavy atom. The average Bonchev–Trinajstić information content (AvgIpc) is 2.62. The van der Waals surface area contributed by atoms with Gasteiger partial charge in [0.05, 0.1) is 0 Å². The highest BCUT2D eigenvalue weighted by Gasteiger charge is 2.31. The molecule has 0 aromatic heterocycles. The number of carbonyl (C=O) groups is 1. The first-order chi connectivity index (χ1) is 6.65. The first-order valence-corrected chi connectivity index (χ1v) is 4.22. The van der Waals surface area contributed by atoms with Crippen molar-refractivity contribution in [3.63, 3.8) is 0 Å². The lowest BCUT2D eigenvalue weighted by atomic mass is 10.1. The SMILES string of the molecule is [N-]=[N+]=NCC(=O)N1CC[C@@H](C(F)F)C1. The molecule has 1 aliphatic rings. The number of hydrogen-bond donors (Lipinski definition) is 0. The molecule has 1 aliphatic heterocycles. The maximum Gasteiger partial charge on any atom is 0.243 e. The zero-order valence-electron chi connectivity index (χ0n) is 7.44. The first kappa shape index (κ1) is 10.7. The van der Waals surface area contributed by atoms with E-state index in [1.165, 1.54) is 4.90 Å². The van der Waals surface area contributed by atoms with E-state index >= 15 is 0 Å². The third-order valence-corrected chi connectivity index (χ3v) is 2.20. The number of halogens is 2. The summed E-state index contributed by atoms with van der Waals surface area (Å²) in [5.74, 6) is -1.11. The molecule has 0 spiro atoms. The van der Waals surface area contributed by atoms with Crippen LogP contribution in [0.4, 0.5) is 8.78 Å². The van der Waals surface area contributed by atoms with Gasteiger partial charge in [0.2, 0.25) is 12.3 Å². The molecule has 1 saturated heterocycles. The summed E-state index contributed by atoms with van der Waals surface area (Å²) >= 11 is 0. The highest BCUT2D eigenvalue weighted by molar-refractivity contribution is 5.78. The van der Waals surface area contributed by atoms with Crippen molar-refractivity contribution < 1.29 is 13.6 Å². The second-order valence-electron chi connectivity index (χ2n) is 3.11. The van der Waals surface area contributed by atoms with Crippen LogP contribution in [0.25, 0.3) is 10.4 Å². The summed E-state index contributed by atoms with van der Waals surface area (Å²) in [5.41, 5.74) is 7.97. The summed E-state index contributed by atoms with van der Waals surface area (Å²) in [6, 6.07) is 0. The molecule has 0 bridgehead atoms. The molecule has 78 valence electrons. The second kappa shape index (κ2) is 4.76. The van der Waals surface area contributed by atoms with Gasteiger partial charge >= 0.3 is 0 Å². The Kier molecular flexibility index (Phi) is 3.64. The van der Waals surface area contributed by atoms with Crippen LogP contribution in [0.5, 0.6) is 0 Å². The third kappa shape index (κ3) is 2.56. The normalized spacial score (nSPS) is 21.1. The monoisotopic (exact) mass is 204 g/mol. The smallest absolute Gasteiger partial charge is 0.243 e. The number of alkyl halides is 2. The fourth-order valence-corrected chi connectivity index (χ4v) is 1.41. The third-order valence-electron chi connectivity index (χ3n) is 2.20. The summed E-state index contributed by atoms with van der Waals surface area (Å²) in [4.78, 5) is 14.9. The summed E-state index contributed by atoms with van der Waals surface area (Å²) in [7, 11) is 0. The van der Waals surface area contributed by atoms with Crippen molar-refractivity contribution in [2.24, 2.45) is 11.0 Å². The fraction of sp³-hybridized carbons (Fsp3) is 0.857. The Labute approximate surface area is 79.3 Å². The number of rotatable bonds is 3. The van der Waals surface area contributed by atoms with Crippen LogP contribution in [0.1, 0.15) is 6.42 Å². The molecular formula is C7H10F2N4O. The van der Waals surface area contributed by atoms with Crippen molar-refractivity contribution in [3.8, 4) is 0 Å². The van der Waals surface area contributed by atoms with Crippen LogP contribution < -0.4 is 0 Å². The van der Waals surface area contributed by atoms with Crippen molar-refractivity contribution in [1.82, 2.24) is 4.90 Å². The van der Waals surface area contributed by atoms with Gasteiger partial charge in [-0.3, -0.25) is 4.79 Å². The zero-order chi connectivity index (χ0) is 10.6. The Morgan fingerprint density at radius 3 is 2.93 bits per heavy atom. The van der Waals surface area contributed by atoms with Crippen molar-refractivity contribution in [2.45, 2.75) is 12.8 Å². The van der Waals surface area contributed by atoms with Crippen molar-refractivity contribution in [3.05, 3.63) is 10.4 Å². The van der Waals surface area contributed by atoms with E-state index in [-0.39, 0.29) is 19.0 Å². The number of hydrogen-bond acceptors (Lipinski definition) is 2. The fourth-order valence-electron chi connectivity index (χ4n) is 1.41. The van der Waals surface area contributed by atoms with Crippen LogP contribution in [-0.2, 0) is 4.79 Å². The largest absolute Gasteiger partial charge is 0.342 e. The molecule has 1 rings (SSSR count). The Hall–Kier alpha value is -1.36. The predicted octanol–water partition coefficient (Wildman–Crippen LogP) is 1.41. The van der Waals surface area contributed by atoms with E-state index in [1.807, 2.05) is 0 Å². The van der Waals surface area contributed by atoms with Crippen molar-refractivity contribution in [1.29, 1.82) is 0 Å². The minimum Gasteiger partial charge on any atom is -0.342 e. The number of amides is 1. The van der Waals surface area contributed by atoms with Crippen LogP contribution in [0, 0.1) is 5.92 Å². The van der Waals surface area contributed by atoms with E-state index in [0.29, 0.717) is 13.0 Å². The van der Waals surface area contributed by atoms with E-state index < -0.39 is 12.3 Å². The Morgan fingerprint density at radius 1 is 1.71 bits per heavy atom. The summed E-state index contributed by atoms with van der Waals surface area (Å²) < 4.78 is 24.4. The van der Waals surface area contributed by atoms with Crippen LogP contribution >= 0.6 is 0 Å². The Bertz CT molecular complexity index is 264. The molecule has 14 heavy (non-hydrogen) atoms. The van der Waals surface area contributed by atoms with Crippen LogP contribution in [-0.4, -0.2) is 36.9 Å². The molecule has 0 aromatic rings. The molecule has 0 radical (unpaired) electrons. The number of carbonyl (C=O) groups excluding carboxylic acids is 1. The van der Waals surface area contributed by atoms with Gasteiger partial charge in [0.1, 0.15) is 6.54 Å². The topological polar surface area (TPSA) is 69.1 Å². The first-order valence-electron chi connectivity index (χ1n) is 4.22. The highest BCUT2D eigenvalue weighted by Crippen LogP contribution is 2.22. The number of likely N-dealkylation sites (tertiary alicyclic amines) is 1. The van der Waals surface area contributed by atoms with Gasteiger partial charge in [0, 0.05) is 23.9 Å². The second-order valence-corrected chi connectivity index (χ2v) is 3.11. The predicted molar refractivity (Wildman–Crippen MR) is 44.7 cm³/mol. The van der Waals surface area contributed by atoms with Crippen LogP contribution in [0.3, 0.4) is 0 Å². The van der Waals surface area contributed by atoms with Crippen LogP contribution in [0.2, 0.25) is 0 Å². The zero-order valence-corrected chi connectivity index (χ0v) is 7.44. The number of nitrogens with zero attached hydrogens (tertiary/aromatic N) is 4. The summed E-state index contributed by atoms with van der Waals surface area (Å²) in [6.45, 7) is 0.110. The maximum absolute atomic E-state index is 12.2. The van der Waals surface area contributed by atoms with Gasteiger partial charge in [0.15, 0.2) is 0 Å². The standard InChI is InChI=1S/C7H10F2N4O/c8-7(9)5-1-2-13(4-5)6(14)3-11-12-10/h5,7H,1-4H2/t5-/m1/s1. The molecule has 1 fully saturated rings. The van der Waals surface area contributed by atoms with Gasteiger partial charge in [-0.15, -0.1) is 0 Å². The minimum absolute atomic E-state index is 0.0669. The molecule has 0 aliphatic carbocycles. The molecule has 5 nitrogen and oxygen atoms in total.